The second-order valence-corrected chi connectivity index (χ2v) is 4.83. The van der Waals surface area contributed by atoms with E-state index < -0.39 is 46.0 Å². The Morgan fingerprint density at radius 1 is 0.810 bits per heavy atom. The molecule has 0 aliphatic carbocycles. The molecule has 4 N–H and O–H groups in total. The van der Waals surface area contributed by atoms with E-state index in [1.807, 2.05) is 0 Å². The molecule has 21 heavy (non-hydrogen) atoms. The molecule has 0 amide bonds. The minimum absolute atomic E-state index is 0. The second-order valence-electron chi connectivity index (χ2n) is 3.39. The van der Waals surface area contributed by atoms with E-state index in [4.69, 9.17) is 4.55 Å². The van der Waals surface area contributed by atoms with Crippen LogP contribution in [0.2, 0.25) is 0 Å². The van der Waals surface area contributed by atoms with Crippen LogP contribution >= 0.6 is 0 Å². The molecule has 0 aromatic heterocycles. The molecule has 2 unspecified atom stereocenters. The summed E-state index contributed by atoms with van der Waals surface area (Å²) in [5.74, 6) is -20.8. The highest BCUT2D eigenvalue weighted by Crippen LogP contribution is 2.51. The molecule has 0 rings (SSSR count). The Hall–Kier alpha value is -0.830. The van der Waals surface area contributed by atoms with Gasteiger partial charge in [-0.15, -0.1) is 0 Å². The van der Waals surface area contributed by atoms with E-state index >= 15 is 0 Å². The largest absolute Gasteiger partial charge is 0.379 e. The summed E-state index contributed by atoms with van der Waals surface area (Å²) in [7, 11) is -6.59. The normalized spacial score (nSPS) is 17.3. The van der Waals surface area contributed by atoms with Gasteiger partial charge in [0.15, 0.2) is 0 Å². The summed E-state index contributed by atoms with van der Waals surface area (Å²) < 4.78 is 151. The fourth-order valence-corrected chi connectivity index (χ4v) is 1.41. The summed E-state index contributed by atoms with van der Waals surface area (Å²) in [6.07, 6.45) is -9.97. The van der Waals surface area contributed by atoms with Crippen molar-refractivity contribution >= 4 is 10.1 Å². The van der Waals surface area contributed by atoms with E-state index in [1.165, 1.54) is 0 Å². The molecule has 0 bridgehead atoms. The average molecular weight is 363 g/mol. The summed E-state index contributed by atoms with van der Waals surface area (Å²) in [4.78, 5) is 0. The second kappa shape index (κ2) is 6.12. The maximum absolute atomic E-state index is 12.7. The molecule has 0 spiro atoms. The van der Waals surface area contributed by atoms with Gasteiger partial charge in [-0.1, -0.05) is 0 Å². The van der Waals surface area contributed by atoms with Crippen molar-refractivity contribution in [1.82, 2.24) is 6.15 Å². The van der Waals surface area contributed by atoms with E-state index in [2.05, 4.69) is 0 Å². The maximum Gasteiger partial charge on any atom is 0.379 e. The van der Waals surface area contributed by atoms with Gasteiger partial charge in [0.25, 0.3) is 11.9 Å². The number of hydrogen-bond donors (Lipinski definition) is 2. The Morgan fingerprint density at radius 2 is 1.14 bits per heavy atom. The first-order valence-electron chi connectivity index (χ1n) is 4.17. The molecule has 0 saturated heterocycles. The van der Waals surface area contributed by atoms with Crippen molar-refractivity contribution in [1.29, 1.82) is 0 Å². The zero-order valence-electron chi connectivity index (χ0n) is 9.39. The molecule has 0 radical (unpaired) electrons. The van der Waals surface area contributed by atoms with Gasteiger partial charge < -0.3 is 6.15 Å². The van der Waals surface area contributed by atoms with Crippen molar-refractivity contribution < 1.29 is 56.9 Å². The molecule has 2 atom stereocenters. The molecule has 0 aromatic rings. The van der Waals surface area contributed by atoms with Crippen LogP contribution in [-0.4, -0.2) is 48.8 Å². The van der Waals surface area contributed by atoms with E-state index in [9.17, 15) is 52.3 Å². The summed E-state index contributed by atoms with van der Waals surface area (Å²) in [5.41, 5.74) is -5.28. The Balaban J connectivity index is 0. The summed E-state index contributed by atoms with van der Waals surface area (Å²) in [6.45, 7) is 0. The smallest absolute Gasteiger partial charge is 0.344 e. The predicted molar refractivity (Wildman–Crippen MR) is 47.2 cm³/mol. The van der Waals surface area contributed by atoms with Gasteiger partial charge in [0, 0.05) is 0 Å². The number of rotatable bonds is 6. The van der Waals surface area contributed by atoms with Crippen LogP contribution in [0.3, 0.4) is 0 Å². The van der Waals surface area contributed by atoms with Crippen LogP contribution in [0.5, 0.6) is 0 Å². The van der Waals surface area contributed by atoms with Crippen molar-refractivity contribution in [2.24, 2.45) is 0 Å². The Labute approximate surface area is 110 Å². The lowest BCUT2D eigenvalue weighted by molar-refractivity contribution is -0.339. The summed E-state index contributed by atoms with van der Waals surface area (Å²) in [5, 5.41) is 0. The van der Waals surface area contributed by atoms with Gasteiger partial charge in [-0.25, -0.2) is 17.6 Å². The Bertz CT molecular complexity index is 452. The van der Waals surface area contributed by atoms with Crippen molar-refractivity contribution in [2.75, 3.05) is 0 Å². The quantitative estimate of drug-likeness (QED) is 0.561. The monoisotopic (exact) mass is 363 g/mol. The first-order chi connectivity index (χ1) is 8.51. The van der Waals surface area contributed by atoms with Crippen LogP contribution in [0.25, 0.3) is 0 Å². The standard InChI is InChI=1S/C6H4F10O3S.H3N/c7-1(2(8)9)4(11,12)6(15,16)5(13,14)3(10)20(17,18)19;/h1-3H,(H,17,18,19);1H3. The van der Waals surface area contributed by atoms with Crippen LogP contribution in [0.15, 0.2) is 0 Å². The van der Waals surface area contributed by atoms with Crippen molar-refractivity contribution in [3.63, 3.8) is 0 Å². The third-order valence-electron chi connectivity index (χ3n) is 1.95. The lowest BCUT2D eigenvalue weighted by atomic mass is 10.0. The number of hydrogen-bond acceptors (Lipinski definition) is 3. The molecule has 0 aliphatic rings. The van der Waals surface area contributed by atoms with Crippen LogP contribution in [0.4, 0.5) is 43.9 Å². The van der Waals surface area contributed by atoms with Gasteiger partial charge in [0.2, 0.25) is 6.17 Å². The Morgan fingerprint density at radius 3 is 1.38 bits per heavy atom. The number of halogens is 10. The molecule has 0 aliphatic heterocycles. The highest BCUT2D eigenvalue weighted by Gasteiger charge is 2.80. The highest BCUT2D eigenvalue weighted by molar-refractivity contribution is 7.86. The summed E-state index contributed by atoms with van der Waals surface area (Å²) >= 11 is 0. The fourth-order valence-electron chi connectivity index (χ4n) is 0.883. The average Bonchev–Trinajstić information content (AvgIpc) is 2.24. The SMILES string of the molecule is N.O=S(=O)(O)C(F)C(F)(F)C(F)(F)C(F)(F)C(F)C(F)F. The van der Waals surface area contributed by atoms with Crippen LogP contribution in [-0.2, 0) is 10.1 Å². The first kappa shape index (κ1) is 22.5. The molecule has 130 valence electrons. The van der Waals surface area contributed by atoms with E-state index in [-0.39, 0.29) is 6.15 Å². The van der Waals surface area contributed by atoms with Crippen LogP contribution in [0.1, 0.15) is 0 Å². The van der Waals surface area contributed by atoms with E-state index in [0.29, 0.717) is 0 Å². The Kier molecular flexibility index (Phi) is 6.54. The third-order valence-corrected chi connectivity index (χ3v) is 2.77. The van der Waals surface area contributed by atoms with Gasteiger partial charge in [-0.3, -0.25) is 4.55 Å². The third kappa shape index (κ3) is 3.68. The minimum Gasteiger partial charge on any atom is -0.344 e. The zero-order valence-corrected chi connectivity index (χ0v) is 10.2. The fraction of sp³-hybridized carbons (Fsp3) is 1.00. The lowest BCUT2D eigenvalue weighted by Gasteiger charge is -2.34. The van der Waals surface area contributed by atoms with E-state index in [1.54, 1.807) is 0 Å². The zero-order chi connectivity index (χ0) is 16.7. The molecular formula is C6H7F10NO3S. The van der Waals surface area contributed by atoms with Crippen molar-refractivity contribution in [2.45, 2.75) is 35.9 Å². The molecule has 0 fully saturated rings. The molecule has 0 aromatic carbocycles. The summed E-state index contributed by atoms with van der Waals surface area (Å²) in [6, 6.07) is 0. The highest BCUT2D eigenvalue weighted by atomic mass is 32.2. The molecule has 0 heterocycles. The topological polar surface area (TPSA) is 89.4 Å². The van der Waals surface area contributed by atoms with Crippen molar-refractivity contribution in [3.05, 3.63) is 0 Å². The molecule has 15 heteroatoms. The molecular weight excluding hydrogens is 356 g/mol. The van der Waals surface area contributed by atoms with Crippen molar-refractivity contribution in [3.8, 4) is 0 Å². The molecule has 0 saturated carbocycles. The van der Waals surface area contributed by atoms with Gasteiger partial charge >= 0.3 is 27.9 Å². The minimum atomic E-state index is -7.16. The number of alkyl halides is 10. The first-order valence-corrected chi connectivity index (χ1v) is 5.67. The van der Waals surface area contributed by atoms with Gasteiger partial charge in [0.05, 0.1) is 0 Å². The predicted octanol–water partition coefficient (Wildman–Crippen LogP) is 2.84. The van der Waals surface area contributed by atoms with E-state index in [0.717, 1.165) is 0 Å². The van der Waals surface area contributed by atoms with Gasteiger partial charge in [0.1, 0.15) is 0 Å². The van der Waals surface area contributed by atoms with Crippen LogP contribution in [0, 0.1) is 0 Å². The lowest BCUT2D eigenvalue weighted by Crippen LogP contribution is -2.63. The van der Waals surface area contributed by atoms with Gasteiger partial charge in [-0.05, 0) is 0 Å². The van der Waals surface area contributed by atoms with Gasteiger partial charge in [-0.2, -0.15) is 34.8 Å². The molecule has 4 nitrogen and oxygen atoms in total. The maximum atomic E-state index is 12.7. The van der Waals surface area contributed by atoms with Crippen LogP contribution < -0.4 is 6.15 Å².